The van der Waals surface area contributed by atoms with Crippen LogP contribution in [0.3, 0.4) is 0 Å². The van der Waals surface area contributed by atoms with Crippen molar-refractivity contribution in [3.05, 3.63) is 77.9 Å². The van der Waals surface area contributed by atoms with Crippen molar-refractivity contribution in [3.8, 4) is 5.75 Å². The number of ether oxygens (including phenoxy) is 1. The van der Waals surface area contributed by atoms with Gasteiger partial charge in [-0.2, -0.15) is 5.10 Å². The minimum absolute atomic E-state index is 0.0335. The predicted molar refractivity (Wildman–Crippen MR) is 100 cm³/mol. The highest BCUT2D eigenvalue weighted by molar-refractivity contribution is 6.01. The Bertz CT molecular complexity index is 1060. The van der Waals surface area contributed by atoms with Crippen LogP contribution in [-0.4, -0.2) is 29.0 Å². The minimum Gasteiger partial charge on any atom is -0.484 e. The summed E-state index contributed by atoms with van der Waals surface area (Å²) in [5, 5.41) is 5.67. The molecule has 0 bridgehead atoms. The second-order valence-corrected chi connectivity index (χ2v) is 6.48. The summed E-state index contributed by atoms with van der Waals surface area (Å²) in [5.41, 5.74) is 0.579. The summed E-state index contributed by atoms with van der Waals surface area (Å²) in [6.07, 6.45) is 3.49. The van der Waals surface area contributed by atoms with E-state index in [-0.39, 0.29) is 23.7 Å². The number of Topliss-reactive ketones (excluding diaryl/α,β-unsaturated/α-hetero) is 1. The fourth-order valence-electron chi connectivity index (χ4n) is 3.12. The Morgan fingerprint density at radius 2 is 2.00 bits per heavy atom. The molecule has 1 amide bonds. The second kappa shape index (κ2) is 7.75. The van der Waals surface area contributed by atoms with E-state index in [0.29, 0.717) is 23.7 Å². The van der Waals surface area contributed by atoms with Crippen LogP contribution in [0.4, 0.5) is 4.39 Å². The molecule has 0 spiro atoms. The number of hydrazone groups is 1. The smallest absolute Gasteiger partial charge is 0.281 e. The normalized spacial score (nSPS) is 16.0. The Morgan fingerprint density at radius 1 is 1.21 bits per heavy atom. The van der Waals surface area contributed by atoms with Crippen LogP contribution in [0.1, 0.15) is 41.3 Å². The number of hydrogen-bond acceptors (Lipinski definition) is 6. The number of benzene rings is 1. The standard InChI is InChI=1S/C21H17FN2O5/c1-13(25)15-7-6-14(10-16(15)22)29-12-21(26)24-18(20-5-3-9-28-20)11-17(23-24)19-4-2-8-27-19/h2-10,18H,11-12H2,1H3. The lowest BCUT2D eigenvalue weighted by molar-refractivity contribution is -0.135. The van der Waals surface area contributed by atoms with E-state index in [1.54, 1.807) is 24.3 Å². The van der Waals surface area contributed by atoms with Gasteiger partial charge in [0, 0.05) is 12.5 Å². The molecule has 1 unspecified atom stereocenters. The summed E-state index contributed by atoms with van der Waals surface area (Å²) >= 11 is 0. The van der Waals surface area contributed by atoms with Crippen LogP contribution in [0.15, 0.2) is 68.9 Å². The summed E-state index contributed by atoms with van der Waals surface area (Å²) in [5.74, 6) is -0.215. The van der Waals surface area contributed by atoms with E-state index in [1.165, 1.54) is 36.6 Å². The number of ketones is 1. The summed E-state index contributed by atoms with van der Waals surface area (Å²) < 4.78 is 30.2. The van der Waals surface area contributed by atoms with Crippen LogP contribution < -0.4 is 4.74 Å². The topological polar surface area (TPSA) is 85.3 Å². The van der Waals surface area contributed by atoms with Crippen molar-refractivity contribution in [2.24, 2.45) is 5.10 Å². The van der Waals surface area contributed by atoms with E-state index in [4.69, 9.17) is 13.6 Å². The highest BCUT2D eigenvalue weighted by Gasteiger charge is 2.35. The molecule has 0 saturated carbocycles. The van der Waals surface area contributed by atoms with Crippen molar-refractivity contribution in [2.75, 3.05) is 6.61 Å². The number of furan rings is 2. The molecule has 0 saturated heterocycles. The van der Waals surface area contributed by atoms with E-state index >= 15 is 0 Å². The SMILES string of the molecule is CC(=O)c1ccc(OCC(=O)N2N=C(c3ccco3)CC2c2ccco2)cc1F. The molecule has 1 aromatic carbocycles. The second-order valence-electron chi connectivity index (χ2n) is 6.48. The summed E-state index contributed by atoms with van der Waals surface area (Å²) in [7, 11) is 0. The molecule has 3 heterocycles. The minimum atomic E-state index is -0.699. The van der Waals surface area contributed by atoms with Crippen LogP contribution in [0.5, 0.6) is 5.75 Å². The van der Waals surface area contributed by atoms with Gasteiger partial charge in [0.15, 0.2) is 12.4 Å². The van der Waals surface area contributed by atoms with Gasteiger partial charge in [0.2, 0.25) is 0 Å². The highest BCUT2D eigenvalue weighted by Crippen LogP contribution is 2.33. The third kappa shape index (κ3) is 3.82. The fourth-order valence-corrected chi connectivity index (χ4v) is 3.12. The average Bonchev–Trinajstić information content (AvgIpc) is 3.46. The van der Waals surface area contributed by atoms with Gasteiger partial charge >= 0.3 is 0 Å². The summed E-state index contributed by atoms with van der Waals surface area (Å²) in [4.78, 5) is 24.1. The fraction of sp³-hybridized carbons (Fsp3) is 0.190. The number of carbonyl (C=O) groups excluding carboxylic acids is 2. The van der Waals surface area contributed by atoms with E-state index < -0.39 is 17.8 Å². The van der Waals surface area contributed by atoms with Crippen LogP contribution in [0.2, 0.25) is 0 Å². The molecule has 3 aromatic rings. The van der Waals surface area contributed by atoms with Crippen molar-refractivity contribution < 1.29 is 27.6 Å². The van der Waals surface area contributed by atoms with E-state index in [2.05, 4.69) is 5.10 Å². The molecular formula is C21H17FN2O5. The van der Waals surface area contributed by atoms with Gasteiger partial charge in [-0.25, -0.2) is 9.40 Å². The zero-order valence-corrected chi connectivity index (χ0v) is 15.5. The molecule has 0 N–H and O–H groups in total. The maximum Gasteiger partial charge on any atom is 0.281 e. The van der Waals surface area contributed by atoms with Gasteiger partial charge in [0.25, 0.3) is 5.91 Å². The molecule has 4 rings (SSSR count). The zero-order valence-electron chi connectivity index (χ0n) is 15.5. The molecule has 8 heteroatoms. The molecular weight excluding hydrogens is 379 g/mol. The van der Waals surface area contributed by atoms with Crippen LogP contribution in [0, 0.1) is 5.82 Å². The number of hydrogen-bond donors (Lipinski definition) is 0. The first-order chi connectivity index (χ1) is 14.0. The molecule has 2 aromatic heterocycles. The van der Waals surface area contributed by atoms with Gasteiger partial charge in [-0.3, -0.25) is 9.59 Å². The van der Waals surface area contributed by atoms with Gasteiger partial charge < -0.3 is 13.6 Å². The number of rotatable bonds is 6. The first-order valence-corrected chi connectivity index (χ1v) is 8.93. The Balaban J connectivity index is 1.51. The van der Waals surface area contributed by atoms with Crippen molar-refractivity contribution in [2.45, 2.75) is 19.4 Å². The van der Waals surface area contributed by atoms with Crippen molar-refractivity contribution in [3.63, 3.8) is 0 Å². The molecule has 1 aliphatic heterocycles. The molecule has 1 atom stereocenters. The predicted octanol–water partition coefficient (Wildman–Crippen LogP) is 3.97. The monoisotopic (exact) mass is 396 g/mol. The lowest BCUT2D eigenvalue weighted by Gasteiger charge is -2.20. The Hall–Kier alpha value is -3.68. The van der Waals surface area contributed by atoms with E-state index in [0.717, 1.165) is 6.07 Å². The average molecular weight is 396 g/mol. The quantitative estimate of drug-likeness (QED) is 0.589. The van der Waals surface area contributed by atoms with E-state index in [1.807, 2.05) is 0 Å². The molecule has 0 aliphatic carbocycles. The highest BCUT2D eigenvalue weighted by atomic mass is 19.1. The maximum atomic E-state index is 13.9. The molecule has 148 valence electrons. The van der Waals surface area contributed by atoms with Crippen LogP contribution >= 0.6 is 0 Å². The Morgan fingerprint density at radius 3 is 2.66 bits per heavy atom. The van der Waals surface area contributed by atoms with Gasteiger partial charge in [-0.1, -0.05) is 0 Å². The van der Waals surface area contributed by atoms with Crippen LogP contribution in [-0.2, 0) is 4.79 Å². The first kappa shape index (κ1) is 18.7. The van der Waals surface area contributed by atoms with Gasteiger partial charge in [0.05, 0.1) is 18.1 Å². The van der Waals surface area contributed by atoms with E-state index in [9.17, 15) is 14.0 Å². The number of amides is 1. The molecule has 29 heavy (non-hydrogen) atoms. The van der Waals surface area contributed by atoms with Gasteiger partial charge in [-0.05, 0) is 43.3 Å². The lowest BCUT2D eigenvalue weighted by Crippen LogP contribution is -2.31. The van der Waals surface area contributed by atoms with Crippen molar-refractivity contribution >= 4 is 17.4 Å². The Kier molecular flexibility index (Phi) is 4.99. The largest absolute Gasteiger partial charge is 0.484 e. The molecule has 0 radical (unpaired) electrons. The zero-order chi connectivity index (χ0) is 20.4. The lowest BCUT2D eigenvalue weighted by atomic mass is 10.1. The third-order valence-electron chi connectivity index (χ3n) is 4.53. The van der Waals surface area contributed by atoms with Crippen molar-refractivity contribution in [1.29, 1.82) is 0 Å². The van der Waals surface area contributed by atoms with Crippen LogP contribution in [0.25, 0.3) is 0 Å². The maximum absolute atomic E-state index is 13.9. The molecule has 0 fully saturated rings. The summed E-state index contributed by atoms with van der Waals surface area (Å²) in [6.45, 7) is 0.921. The Labute approximate surface area is 165 Å². The number of halogens is 1. The van der Waals surface area contributed by atoms with Crippen molar-refractivity contribution in [1.82, 2.24) is 5.01 Å². The van der Waals surface area contributed by atoms with Gasteiger partial charge in [-0.15, -0.1) is 0 Å². The summed E-state index contributed by atoms with van der Waals surface area (Å²) in [6, 6.07) is 10.4. The molecule has 1 aliphatic rings. The van der Waals surface area contributed by atoms with Gasteiger partial charge in [0.1, 0.15) is 34.8 Å². The third-order valence-corrected chi connectivity index (χ3v) is 4.53. The molecule has 7 nitrogen and oxygen atoms in total. The first-order valence-electron chi connectivity index (χ1n) is 8.93. The number of carbonyl (C=O) groups is 2. The number of nitrogens with zero attached hydrogens (tertiary/aromatic N) is 2.